The smallest absolute Gasteiger partial charge is 0.255 e. The first-order chi connectivity index (χ1) is 13.2. The molecule has 0 unspecified atom stereocenters. The van der Waals surface area contributed by atoms with Crippen LogP contribution < -0.4 is 10.1 Å². The first kappa shape index (κ1) is 16.8. The minimum absolute atomic E-state index is 0.233. The van der Waals surface area contributed by atoms with Crippen LogP contribution in [0.3, 0.4) is 0 Å². The first-order valence-electron chi connectivity index (χ1n) is 8.38. The van der Waals surface area contributed by atoms with Gasteiger partial charge in [-0.05, 0) is 18.2 Å². The summed E-state index contributed by atoms with van der Waals surface area (Å²) in [6.07, 6.45) is 8.76. The minimum atomic E-state index is -0.233. The number of ether oxygens (including phenoxy) is 1. The van der Waals surface area contributed by atoms with Crippen LogP contribution in [0.2, 0.25) is 0 Å². The summed E-state index contributed by atoms with van der Waals surface area (Å²) in [5.74, 6) is 0.333. The average Bonchev–Trinajstić information content (AvgIpc) is 3.32. The van der Waals surface area contributed by atoms with E-state index in [1.165, 1.54) is 0 Å². The Kier molecular flexibility index (Phi) is 4.29. The van der Waals surface area contributed by atoms with Gasteiger partial charge in [-0.25, -0.2) is 4.52 Å². The standard InChI is InChI=1S/C19H18N6O2/c1-24-11-14(8-22-24)13-7-17(27-2)18-16(10-23-25(18)12-13)19(26)21-9-15-5-3-4-6-20-15/h3-8,10-12H,9H2,1-2H3,(H,21,26). The van der Waals surface area contributed by atoms with Crippen LogP contribution in [0, 0.1) is 0 Å². The van der Waals surface area contributed by atoms with E-state index in [1.807, 2.05) is 43.7 Å². The lowest BCUT2D eigenvalue weighted by molar-refractivity contribution is 0.0952. The Morgan fingerprint density at radius 1 is 1.19 bits per heavy atom. The molecule has 0 atom stereocenters. The Bertz CT molecular complexity index is 1100. The minimum Gasteiger partial charge on any atom is -0.494 e. The third kappa shape index (κ3) is 3.24. The van der Waals surface area contributed by atoms with Gasteiger partial charge in [0, 0.05) is 36.8 Å². The summed E-state index contributed by atoms with van der Waals surface area (Å²) in [5, 5.41) is 11.4. The predicted molar refractivity (Wildman–Crippen MR) is 99.4 cm³/mol. The van der Waals surface area contributed by atoms with Gasteiger partial charge in [-0.1, -0.05) is 6.07 Å². The Morgan fingerprint density at radius 2 is 2.07 bits per heavy atom. The second-order valence-corrected chi connectivity index (χ2v) is 6.06. The Morgan fingerprint density at radius 3 is 2.78 bits per heavy atom. The number of hydrogen-bond donors (Lipinski definition) is 1. The molecule has 0 saturated carbocycles. The van der Waals surface area contributed by atoms with Gasteiger partial charge in [0.15, 0.2) is 0 Å². The van der Waals surface area contributed by atoms with Gasteiger partial charge in [-0.3, -0.25) is 14.5 Å². The van der Waals surface area contributed by atoms with E-state index in [9.17, 15) is 4.79 Å². The van der Waals surface area contributed by atoms with Crippen molar-refractivity contribution in [2.45, 2.75) is 6.54 Å². The Balaban J connectivity index is 1.67. The molecule has 4 aromatic rings. The zero-order chi connectivity index (χ0) is 18.8. The van der Waals surface area contributed by atoms with E-state index in [-0.39, 0.29) is 5.91 Å². The number of carbonyl (C=O) groups is 1. The number of methoxy groups -OCH3 is 1. The molecule has 0 bridgehead atoms. The summed E-state index contributed by atoms with van der Waals surface area (Å²) in [4.78, 5) is 16.9. The molecule has 0 aromatic carbocycles. The molecule has 8 heteroatoms. The normalized spacial score (nSPS) is 10.9. The summed E-state index contributed by atoms with van der Waals surface area (Å²) < 4.78 is 8.91. The number of nitrogens with zero attached hydrogens (tertiary/aromatic N) is 5. The highest BCUT2D eigenvalue weighted by molar-refractivity contribution is 6.02. The molecule has 4 rings (SSSR count). The third-order valence-corrected chi connectivity index (χ3v) is 4.24. The SMILES string of the molecule is COc1cc(-c2cnn(C)c2)cn2ncc(C(=O)NCc3ccccn3)c12. The maximum atomic E-state index is 12.7. The zero-order valence-electron chi connectivity index (χ0n) is 15.0. The Labute approximate surface area is 155 Å². The van der Waals surface area contributed by atoms with E-state index in [2.05, 4.69) is 20.5 Å². The van der Waals surface area contributed by atoms with Crippen LogP contribution in [0.25, 0.3) is 16.6 Å². The van der Waals surface area contributed by atoms with Crippen molar-refractivity contribution in [3.8, 4) is 16.9 Å². The highest BCUT2D eigenvalue weighted by atomic mass is 16.5. The van der Waals surface area contributed by atoms with E-state index in [0.717, 1.165) is 16.8 Å². The van der Waals surface area contributed by atoms with Gasteiger partial charge in [0.05, 0.1) is 37.3 Å². The van der Waals surface area contributed by atoms with Crippen molar-refractivity contribution in [3.63, 3.8) is 0 Å². The van der Waals surface area contributed by atoms with Gasteiger partial charge in [-0.2, -0.15) is 10.2 Å². The molecule has 4 aromatic heterocycles. The molecule has 0 radical (unpaired) electrons. The van der Waals surface area contributed by atoms with Crippen LogP contribution in [-0.2, 0) is 13.6 Å². The van der Waals surface area contributed by atoms with Gasteiger partial charge in [-0.15, -0.1) is 0 Å². The lowest BCUT2D eigenvalue weighted by atomic mass is 10.1. The summed E-state index contributed by atoms with van der Waals surface area (Å²) in [6.45, 7) is 0.340. The van der Waals surface area contributed by atoms with Crippen LogP contribution >= 0.6 is 0 Å². The molecular formula is C19H18N6O2. The number of nitrogens with one attached hydrogen (secondary N) is 1. The summed E-state index contributed by atoms with van der Waals surface area (Å²) in [6, 6.07) is 7.45. The van der Waals surface area contributed by atoms with Crippen molar-refractivity contribution in [3.05, 3.63) is 66.5 Å². The van der Waals surface area contributed by atoms with Crippen molar-refractivity contribution in [1.82, 2.24) is 29.7 Å². The second-order valence-electron chi connectivity index (χ2n) is 6.06. The van der Waals surface area contributed by atoms with Gasteiger partial charge < -0.3 is 10.1 Å². The molecule has 27 heavy (non-hydrogen) atoms. The van der Waals surface area contributed by atoms with Crippen molar-refractivity contribution < 1.29 is 9.53 Å². The number of aryl methyl sites for hydroxylation is 1. The molecule has 0 aliphatic heterocycles. The molecule has 0 spiro atoms. The number of carbonyl (C=O) groups excluding carboxylic acids is 1. The number of fused-ring (bicyclic) bond motifs is 1. The first-order valence-corrected chi connectivity index (χ1v) is 8.38. The number of aromatic nitrogens is 5. The molecule has 136 valence electrons. The monoisotopic (exact) mass is 362 g/mol. The second kappa shape index (κ2) is 6.91. The molecule has 4 heterocycles. The van der Waals surface area contributed by atoms with E-state index in [1.54, 1.807) is 34.9 Å². The van der Waals surface area contributed by atoms with Crippen LogP contribution in [0.5, 0.6) is 5.75 Å². The fourth-order valence-electron chi connectivity index (χ4n) is 2.90. The maximum absolute atomic E-state index is 12.7. The van der Waals surface area contributed by atoms with Crippen molar-refractivity contribution in [1.29, 1.82) is 0 Å². The quantitative estimate of drug-likeness (QED) is 0.587. The lowest BCUT2D eigenvalue weighted by Gasteiger charge is -2.08. The summed E-state index contributed by atoms with van der Waals surface area (Å²) in [7, 11) is 3.43. The fourth-order valence-corrected chi connectivity index (χ4v) is 2.90. The lowest BCUT2D eigenvalue weighted by Crippen LogP contribution is -2.23. The maximum Gasteiger partial charge on any atom is 0.255 e. The van der Waals surface area contributed by atoms with E-state index < -0.39 is 0 Å². The van der Waals surface area contributed by atoms with E-state index in [4.69, 9.17) is 4.74 Å². The van der Waals surface area contributed by atoms with Gasteiger partial charge in [0.1, 0.15) is 11.3 Å². The molecule has 8 nitrogen and oxygen atoms in total. The topological polar surface area (TPSA) is 86.3 Å². The van der Waals surface area contributed by atoms with Gasteiger partial charge in [0.2, 0.25) is 0 Å². The molecule has 0 aliphatic rings. The highest BCUT2D eigenvalue weighted by Gasteiger charge is 2.18. The zero-order valence-corrected chi connectivity index (χ0v) is 15.0. The number of amides is 1. The molecule has 0 saturated heterocycles. The largest absolute Gasteiger partial charge is 0.494 e. The van der Waals surface area contributed by atoms with Crippen LogP contribution in [-0.4, -0.2) is 37.4 Å². The third-order valence-electron chi connectivity index (χ3n) is 4.24. The number of pyridine rings is 2. The van der Waals surface area contributed by atoms with Crippen molar-refractivity contribution in [2.75, 3.05) is 7.11 Å². The molecule has 1 amide bonds. The summed E-state index contributed by atoms with van der Waals surface area (Å²) in [5.41, 5.74) is 3.68. The number of hydrogen-bond acceptors (Lipinski definition) is 5. The highest BCUT2D eigenvalue weighted by Crippen LogP contribution is 2.29. The van der Waals surface area contributed by atoms with Crippen LogP contribution in [0.4, 0.5) is 0 Å². The molecule has 0 aliphatic carbocycles. The van der Waals surface area contributed by atoms with Crippen LogP contribution in [0.1, 0.15) is 16.1 Å². The predicted octanol–water partition coefficient (Wildman–Crippen LogP) is 2.07. The van der Waals surface area contributed by atoms with E-state index >= 15 is 0 Å². The average molecular weight is 362 g/mol. The van der Waals surface area contributed by atoms with E-state index in [0.29, 0.717) is 23.4 Å². The fraction of sp³-hybridized carbons (Fsp3) is 0.158. The Hall–Kier alpha value is -3.68. The van der Waals surface area contributed by atoms with Crippen molar-refractivity contribution in [2.24, 2.45) is 7.05 Å². The van der Waals surface area contributed by atoms with Crippen LogP contribution in [0.15, 0.2) is 55.2 Å². The van der Waals surface area contributed by atoms with Crippen molar-refractivity contribution >= 4 is 11.4 Å². The molecular weight excluding hydrogens is 344 g/mol. The van der Waals surface area contributed by atoms with Gasteiger partial charge in [0.25, 0.3) is 5.91 Å². The molecule has 0 fully saturated rings. The summed E-state index contributed by atoms with van der Waals surface area (Å²) >= 11 is 0. The van der Waals surface area contributed by atoms with Gasteiger partial charge >= 0.3 is 0 Å². The molecule has 1 N–H and O–H groups in total. The number of rotatable bonds is 5.